The quantitative estimate of drug-likeness (QED) is 0.782. The summed E-state index contributed by atoms with van der Waals surface area (Å²) in [7, 11) is -2.33. The number of hydrogen-bond acceptors (Lipinski definition) is 5. The predicted octanol–water partition coefficient (Wildman–Crippen LogP) is 1.19. The highest BCUT2D eigenvalue weighted by molar-refractivity contribution is 9.10. The molecule has 0 spiro atoms. The minimum atomic E-state index is -3.73. The molecule has 112 valence electrons. The van der Waals surface area contributed by atoms with Gasteiger partial charge in [-0.05, 0) is 40.9 Å². The Morgan fingerprint density at radius 3 is 2.85 bits per heavy atom. The largest absolute Gasteiger partial charge is 0.495 e. The molecule has 0 aliphatic carbocycles. The van der Waals surface area contributed by atoms with Crippen LogP contribution in [0.4, 0.5) is 5.69 Å². The molecule has 3 N–H and O–H groups in total. The fourth-order valence-corrected chi connectivity index (χ4v) is 4.53. The van der Waals surface area contributed by atoms with Gasteiger partial charge in [-0.15, -0.1) is 0 Å². The Hall–Kier alpha value is -0.830. The van der Waals surface area contributed by atoms with Gasteiger partial charge in [0.15, 0.2) is 0 Å². The topological polar surface area (TPSA) is 92.9 Å². The van der Waals surface area contributed by atoms with Crippen LogP contribution in [0.5, 0.6) is 5.75 Å². The third-order valence-electron chi connectivity index (χ3n) is 3.40. The molecule has 1 aliphatic rings. The van der Waals surface area contributed by atoms with Gasteiger partial charge in [0.1, 0.15) is 10.6 Å². The van der Waals surface area contributed by atoms with Crippen molar-refractivity contribution in [2.45, 2.75) is 23.8 Å². The highest BCUT2D eigenvalue weighted by atomic mass is 79.9. The van der Waals surface area contributed by atoms with Gasteiger partial charge in [-0.25, -0.2) is 8.42 Å². The van der Waals surface area contributed by atoms with E-state index in [1.807, 2.05) is 0 Å². The van der Waals surface area contributed by atoms with Crippen molar-refractivity contribution in [2.24, 2.45) is 0 Å². The number of nitrogen functional groups attached to an aromatic ring is 1. The maximum Gasteiger partial charge on any atom is 0.247 e. The van der Waals surface area contributed by atoms with Crippen LogP contribution in [0.25, 0.3) is 0 Å². The molecule has 20 heavy (non-hydrogen) atoms. The standard InChI is InChI=1S/C12H17BrN2O4S/c1-19-11-5-9(13)10(14)6-12(11)20(17,18)15-4-2-3-8(15)7-16/h5-6,8,16H,2-4,7,14H2,1H3/t8-/m1/s1. The summed E-state index contributed by atoms with van der Waals surface area (Å²) in [6, 6.07) is 2.53. The maximum absolute atomic E-state index is 12.7. The molecule has 1 aromatic carbocycles. The van der Waals surface area contributed by atoms with Crippen LogP contribution in [-0.4, -0.2) is 44.1 Å². The Labute approximate surface area is 126 Å². The molecule has 1 heterocycles. The lowest BCUT2D eigenvalue weighted by atomic mass is 10.2. The normalized spacial score (nSPS) is 20.2. The highest BCUT2D eigenvalue weighted by Crippen LogP contribution is 2.36. The summed E-state index contributed by atoms with van der Waals surface area (Å²) in [5.74, 6) is 0.231. The van der Waals surface area contributed by atoms with Gasteiger partial charge >= 0.3 is 0 Å². The van der Waals surface area contributed by atoms with E-state index in [4.69, 9.17) is 10.5 Å². The number of halogens is 1. The van der Waals surface area contributed by atoms with Crippen LogP contribution >= 0.6 is 15.9 Å². The van der Waals surface area contributed by atoms with Crippen molar-refractivity contribution in [1.82, 2.24) is 4.31 Å². The van der Waals surface area contributed by atoms with Crippen LogP contribution in [0.2, 0.25) is 0 Å². The number of nitrogens with zero attached hydrogens (tertiary/aromatic N) is 1. The van der Waals surface area contributed by atoms with Crippen LogP contribution in [0.3, 0.4) is 0 Å². The first-order valence-corrected chi connectivity index (χ1v) is 8.40. The van der Waals surface area contributed by atoms with E-state index < -0.39 is 10.0 Å². The number of ether oxygens (including phenoxy) is 1. The van der Waals surface area contributed by atoms with Crippen molar-refractivity contribution in [3.63, 3.8) is 0 Å². The molecule has 0 aromatic heterocycles. The third kappa shape index (κ3) is 2.65. The summed E-state index contributed by atoms with van der Waals surface area (Å²) >= 11 is 3.24. The highest BCUT2D eigenvalue weighted by Gasteiger charge is 2.36. The van der Waals surface area contributed by atoms with Crippen molar-refractivity contribution in [3.8, 4) is 5.75 Å². The van der Waals surface area contributed by atoms with Gasteiger partial charge in [0.2, 0.25) is 10.0 Å². The molecule has 6 nitrogen and oxygen atoms in total. The number of nitrogens with two attached hydrogens (primary N) is 1. The number of rotatable bonds is 4. The lowest BCUT2D eigenvalue weighted by Gasteiger charge is -2.23. The van der Waals surface area contributed by atoms with Crippen molar-refractivity contribution < 1.29 is 18.3 Å². The Balaban J connectivity index is 2.51. The van der Waals surface area contributed by atoms with Crippen molar-refractivity contribution >= 4 is 31.6 Å². The molecule has 1 atom stereocenters. The molecule has 1 saturated heterocycles. The van der Waals surface area contributed by atoms with E-state index in [9.17, 15) is 13.5 Å². The number of benzene rings is 1. The number of aliphatic hydroxyl groups is 1. The molecular weight excluding hydrogens is 348 g/mol. The summed E-state index contributed by atoms with van der Waals surface area (Å²) in [5.41, 5.74) is 6.10. The Kier molecular flexibility index (Phi) is 4.58. The van der Waals surface area contributed by atoms with Gasteiger partial charge in [-0.1, -0.05) is 0 Å². The molecule has 1 aromatic rings. The zero-order valence-corrected chi connectivity index (χ0v) is 13.4. The molecule has 0 bridgehead atoms. The van der Waals surface area contributed by atoms with E-state index in [2.05, 4.69) is 15.9 Å². The molecule has 0 unspecified atom stereocenters. The summed E-state index contributed by atoms with van der Waals surface area (Å²) < 4.78 is 32.5. The van der Waals surface area contributed by atoms with E-state index in [1.165, 1.54) is 23.5 Å². The molecular formula is C12H17BrN2O4S. The number of aliphatic hydroxyl groups excluding tert-OH is 1. The van der Waals surface area contributed by atoms with Gasteiger partial charge in [0, 0.05) is 22.7 Å². The lowest BCUT2D eigenvalue weighted by Crippen LogP contribution is -2.37. The summed E-state index contributed by atoms with van der Waals surface area (Å²) in [5, 5.41) is 9.30. The smallest absolute Gasteiger partial charge is 0.247 e. The van der Waals surface area contributed by atoms with Crippen LogP contribution in [0.15, 0.2) is 21.5 Å². The monoisotopic (exact) mass is 364 g/mol. The molecule has 0 radical (unpaired) electrons. The summed E-state index contributed by atoms with van der Waals surface area (Å²) in [6.45, 7) is 0.209. The number of methoxy groups -OCH3 is 1. The Morgan fingerprint density at radius 2 is 2.25 bits per heavy atom. The van der Waals surface area contributed by atoms with E-state index in [1.54, 1.807) is 0 Å². The van der Waals surface area contributed by atoms with Crippen LogP contribution < -0.4 is 10.5 Å². The molecule has 2 rings (SSSR count). The van der Waals surface area contributed by atoms with Gasteiger partial charge in [0.05, 0.1) is 13.7 Å². The third-order valence-corrected chi connectivity index (χ3v) is 6.06. The SMILES string of the molecule is COc1cc(Br)c(N)cc1S(=O)(=O)N1CCC[C@@H]1CO. The summed E-state index contributed by atoms with van der Waals surface area (Å²) in [4.78, 5) is 0.0288. The van der Waals surface area contributed by atoms with Crippen molar-refractivity contribution in [1.29, 1.82) is 0 Å². The van der Waals surface area contributed by atoms with Crippen molar-refractivity contribution in [3.05, 3.63) is 16.6 Å². The van der Waals surface area contributed by atoms with E-state index >= 15 is 0 Å². The maximum atomic E-state index is 12.7. The molecule has 1 fully saturated rings. The minimum Gasteiger partial charge on any atom is -0.495 e. The molecule has 0 saturated carbocycles. The number of hydrogen-bond donors (Lipinski definition) is 2. The number of sulfonamides is 1. The van der Waals surface area contributed by atoms with Crippen molar-refractivity contribution in [2.75, 3.05) is 26.0 Å². The van der Waals surface area contributed by atoms with E-state index in [0.717, 1.165) is 6.42 Å². The fourth-order valence-electron chi connectivity index (χ4n) is 2.35. The Morgan fingerprint density at radius 1 is 1.55 bits per heavy atom. The number of anilines is 1. The van der Waals surface area contributed by atoms with E-state index in [-0.39, 0.29) is 23.3 Å². The second kappa shape index (κ2) is 5.88. The molecule has 1 aliphatic heterocycles. The van der Waals surface area contributed by atoms with Crippen LogP contribution in [0, 0.1) is 0 Å². The lowest BCUT2D eigenvalue weighted by molar-refractivity contribution is 0.213. The predicted molar refractivity (Wildman–Crippen MR) is 79.1 cm³/mol. The average molecular weight is 365 g/mol. The minimum absolute atomic E-state index is 0.0288. The van der Waals surface area contributed by atoms with Gasteiger partial charge in [0.25, 0.3) is 0 Å². The zero-order chi connectivity index (χ0) is 14.9. The second-order valence-electron chi connectivity index (χ2n) is 4.62. The molecule has 8 heteroatoms. The van der Waals surface area contributed by atoms with Crippen LogP contribution in [0.1, 0.15) is 12.8 Å². The Bertz CT molecular complexity index is 606. The second-order valence-corrected chi connectivity index (χ2v) is 7.33. The zero-order valence-electron chi connectivity index (χ0n) is 11.0. The van der Waals surface area contributed by atoms with Gasteiger partial charge in [-0.3, -0.25) is 0 Å². The first-order chi connectivity index (χ1) is 9.41. The van der Waals surface area contributed by atoms with Gasteiger partial charge < -0.3 is 15.6 Å². The molecule has 0 amide bonds. The first kappa shape index (κ1) is 15.6. The first-order valence-electron chi connectivity index (χ1n) is 6.17. The van der Waals surface area contributed by atoms with Gasteiger partial charge in [-0.2, -0.15) is 4.31 Å². The summed E-state index contributed by atoms with van der Waals surface area (Å²) in [6.07, 6.45) is 1.39. The average Bonchev–Trinajstić information content (AvgIpc) is 2.90. The van der Waals surface area contributed by atoms with Crippen LogP contribution in [-0.2, 0) is 10.0 Å². The fraction of sp³-hybridized carbons (Fsp3) is 0.500. The van der Waals surface area contributed by atoms with E-state index in [0.29, 0.717) is 23.1 Å².